The maximum Gasteiger partial charge on any atom is 0.327 e. The first-order chi connectivity index (χ1) is 13.4. The number of aryl methyl sites for hydroxylation is 2. The summed E-state index contributed by atoms with van der Waals surface area (Å²) in [4.78, 5) is 40.7. The molecule has 1 N–H and O–H groups in total. The lowest BCUT2D eigenvalue weighted by Gasteiger charge is -2.28. The second-order valence-corrected chi connectivity index (χ2v) is 7.51. The lowest BCUT2D eigenvalue weighted by molar-refractivity contribution is -0.128. The zero-order chi connectivity index (χ0) is 19.8. The zero-order valence-corrected chi connectivity index (χ0v) is 16.1. The fourth-order valence-corrected chi connectivity index (χ4v) is 3.88. The van der Waals surface area contributed by atoms with Crippen molar-refractivity contribution >= 4 is 23.5 Å². The quantitative estimate of drug-likeness (QED) is 0.833. The molecule has 28 heavy (non-hydrogen) atoms. The van der Waals surface area contributed by atoms with Gasteiger partial charge in [0.15, 0.2) is 0 Å². The maximum atomic E-state index is 12.8. The number of amides is 4. The molecule has 0 aromatic heterocycles. The summed E-state index contributed by atoms with van der Waals surface area (Å²) in [6.07, 6.45) is 0.615. The monoisotopic (exact) mass is 377 g/mol. The van der Waals surface area contributed by atoms with Gasteiger partial charge >= 0.3 is 6.03 Å². The molecule has 2 heterocycles. The Morgan fingerprint density at radius 2 is 1.86 bits per heavy atom. The topological polar surface area (TPSA) is 69.7 Å². The average Bonchev–Trinajstić information content (AvgIpc) is 2.91. The molecule has 2 aliphatic rings. The van der Waals surface area contributed by atoms with E-state index in [4.69, 9.17) is 0 Å². The van der Waals surface area contributed by atoms with Crippen molar-refractivity contribution in [3.8, 4) is 0 Å². The van der Waals surface area contributed by atoms with Gasteiger partial charge in [0.25, 0.3) is 5.91 Å². The molecule has 1 fully saturated rings. The maximum absolute atomic E-state index is 12.8. The van der Waals surface area contributed by atoms with Gasteiger partial charge in [-0.25, -0.2) is 4.79 Å². The molecule has 6 nitrogen and oxygen atoms in total. The van der Waals surface area contributed by atoms with Crippen LogP contribution in [0.5, 0.6) is 0 Å². The summed E-state index contributed by atoms with van der Waals surface area (Å²) in [5.41, 5.74) is 4.98. The Balaban J connectivity index is 1.41. The normalized spacial score (nSPS) is 18.1. The number of urea groups is 1. The number of imide groups is 1. The van der Waals surface area contributed by atoms with Crippen LogP contribution in [0.4, 0.5) is 10.5 Å². The van der Waals surface area contributed by atoms with Crippen molar-refractivity contribution in [2.45, 2.75) is 39.3 Å². The number of nitrogens with one attached hydrogen (secondary N) is 1. The van der Waals surface area contributed by atoms with E-state index in [0.29, 0.717) is 13.0 Å². The van der Waals surface area contributed by atoms with E-state index in [-0.39, 0.29) is 30.8 Å². The highest BCUT2D eigenvalue weighted by molar-refractivity contribution is 6.05. The third-order valence-corrected chi connectivity index (χ3v) is 5.51. The van der Waals surface area contributed by atoms with Gasteiger partial charge in [-0.05, 0) is 42.2 Å². The number of hydrogen-bond donors (Lipinski definition) is 1. The van der Waals surface area contributed by atoms with Crippen molar-refractivity contribution in [3.05, 3.63) is 64.7 Å². The van der Waals surface area contributed by atoms with Crippen LogP contribution >= 0.6 is 0 Å². The number of rotatable bonds is 4. The third-order valence-electron chi connectivity index (χ3n) is 5.51. The summed E-state index contributed by atoms with van der Waals surface area (Å²) in [5, 5.41) is 2.88. The molecule has 0 radical (unpaired) electrons. The Morgan fingerprint density at radius 3 is 2.64 bits per heavy atom. The van der Waals surface area contributed by atoms with Gasteiger partial charge in [-0.3, -0.25) is 14.5 Å². The molecule has 2 aromatic carbocycles. The first-order valence-corrected chi connectivity index (χ1v) is 9.50. The minimum atomic E-state index is -0.454. The summed E-state index contributed by atoms with van der Waals surface area (Å²) >= 11 is 0. The summed E-state index contributed by atoms with van der Waals surface area (Å²) < 4.78 is 0. The molecule has 0 unspecified atom stereocenters. The van der Waals surface area contributed by atoms with Crippen LogP contribution in [-0.4, -0.2) is 40.2 Å². The highest BCUT2D eigenvalue weighted by atomic mass is 16.2. The molecule has 0 saturated carbocycles. The Hall–Kier alpha value is -3.15. The molecule has 4 amide bonds. The van der Waals surface area contributed by atoms with Crippen LogP contribution in [-0.2, 0) is 22.6 Å². The van der Waals surface area contributed by atoms with Crippen LogP contribution in [0.25, 0.3) is 0 Å². The number of carbonyl (C=O) groups excluding carboxylic acids is 3. The summed E-state index contributed by atoms with van der Waals surface area (Å²) in [5.74, 6) is -0.415. The Bertz CT molecular complexity index is 926. The molecule has 0 aliphatic carbocycles. The number of anilines is 1. The highest BCUT2D eigenvalue weighted by Gasteiger charge is 2.46. The number of hydrogen-bond acceptors (Lipinski definition) is 3. The smallest absolute Gasteiger partial charge is 0.326 e. The van der Waals surface area contributed by atoms with Gasteiger partial charge in [-0.1, -0.05) is 36.4 Å². The predicted octanol–water partition coefficient (Wildman–Crippen LogP) is 3.02. The standard InChI is InChI=1S/C22H23N3O3/c1-14-7-8-15(2)18(11-14)23-20(26)9-10-24-21(27)19-12-16-5-3-4-6-17(16)13-25(19)22(24)28/h3-8,11,19H,9-10,12-13H2,1-2H3,(H,23,26)/t19-/m0/s1. The van der Waals surface area contributed by atoms with Crippen LogP contribution in [0.2, 0.25) is 0 Å². The second kappa shape index (κ2) is 7.11. The van der Waals surface area contributed by atoms with E-state index in [1.807, 2.05) is 56.3 Å². The minimum absolute atomic E-state index is 0.0817. The van der Waals surface area contributed by atoms with E-state index in [1.54, 1.807) is 4.90 Å². The van der Waals surface area contributed by atoms with Crippen molar-refractivity contribution in [3.63, 3.8) is 0 Å². The third kappa shape index (κ3) is 3.26. The van der Waals surface area contributed by atoms with Gasteiger partial charge in [-0.2, -0.15) is 0 Å². The number of fused-ring (bicyclic) bond motifs is 2. The van der Waals surface area contributed by atoms with Crippen molar-refractivity contribution in [1.29, 1.82) is 0 Å². The van der Waals surface area contributed by atoms with Crippen molar-refractivity contribution in [1.82, 2.24) is 9.80 Å². The molecule has 0 spiro atoms. The lowest BCUT2D eigenvalue weighted by Crippen LogP contribution is -2.39. The minimum Gasteiger partial charge on any atom is -0.326 e. The highest BCUT2D eigenvalue weighted by Crippen LogP contribution is 2.30. The SMILES string of the molecule is Cc1ccc(C)c(NC(=O)CCN2C(=O)[C@@H]3Cc4ccccc4CN3C2=O)c1. The average molecular weight is 377 g/mol. The molecule has 0 bridgehead atoms. The van der Waals surface area contributed by atoms with Crippen molar-refractivity contribution in [2.75, 3.05) is 11.9 Å². The van der Waals surface area contributed by atoms with Crippen molar-refractivity contribution < 1.29 is 14.4 Å². The van der Waals surface area contributed by atoms with Crippen LogP contribution in [0, 0.1) is 13.8 Å². The van der Waals surface area contributed by atoms with Gasteiger partial charge < -0.3 is 10.2 Å². The first-order valence-electron chi connectivity index (χ1n) is 9.50. The molecule has 6 heteroatoms. The van der Waals surface area contributed by atoms with Crippen molar-refractivity contribution in [2.24, 2.45) is 0 Å². The summed E-state index contributed by atoms with van der Waals surface area (Å²) in [6.45, 7) is 4.43. The van der Waals surface area contributed by atoms with E-state index in [1.165, 1.54) is 4.90 Å². The van der Waals surface area contributed by atoms with Crippen LogP contribution < -0.4 is 5.32 Å². The fraction of sp³-hybridized carbons (Fsp3) is 0.318. The number of benzene rings is 2. The van der Waals surface area contributed by atoms with E-state index < -0.39 is 6.04 Å². The fourth-order valence-electron chi connectivity index (χ4n) is 3.88. The molecule has 144 valence electrons. The summed E-state index contributed by atoms with van der Waals surface area (Å²) in [7, 11) is 0. The van der Waals surface area contributed by atoms with Gasteiger partial charge in [-0.15, -0.1) is 0 Å². The Kier molecular flexibility index (Phi) is 4.63. The first kappa shape index (κ1) is 18.2. The molecular formula is C22H23N3O3. The van der Waals surface area contributed by atoms with Gasteiger partial charge in [0.05, 0.1) is 0 Å². The molecule has 4 rings (SSSR count). The summed E-state index contributed by atoms with van der Waals surface area (Å²) in [6, 6.07) is 13.0. The molecule has 1 saturated heterocycles. The van der Waals surface area contributed by atoms with E-state index in [0.717, 1.165) is 27.9 Å². The Labute approximate surface area is 164 Å². The van der Waals surface area contributed by atoms with Crippen LogP contribution in [0.1, 0.15) is 28.7 Å². The second-order valence-electron chi connectivity index (χ2n) is 7.51. The molecule has 2 aromatic rings. The predicted molar refractivity (Wildman–Crippen MR) is 106 cm³/mol. The number of nitrogens with zero attached hydrogens (tertiary/aromatic N) is 2. The molecule has 2 aliphatic heterocycles. The zero-order valence-electron chi connectivity index (χ0n) is 16.1. The Morgan fingerprint density at radius 1 is 1.11 bits per heavy atom. The molecule has 1 atom stereocenters. The van der Waals surface area contributed by atoms with Gasteiger partial charge in [0.1, 0.15) is 6.04 Å². The largest absolute Gasteiger partial charge is 0.327 e. The number of carbonyl (C=O) groups is 3. The van der Waals surface area contributed by atoms with E-state index in [9.17, 15) is 14.4 Å². The van der Waals surface area contributed by atoms with Crippen LogP contribution in [0.3, 0.4) is 0 Å². The van der Waals surface area contributed by atoms with Gasteiger partial charge in [0, 0.05) is 31.6 Å². The van der Waals surface area contributed by atoms with Gasteiger partial charge in [0.2, 0.25) is 5.91 Å². The van der Waals surface area contributed by atoms with E-state index in [2.05, 4.69) is 5.32 Å². The van der Waals surface area contributed by atoms with E-state index >= 15 is 0 Å². The van der Waals surface area contributed by atoms with Crippen LogP contribution in [0.15, 0.2) is 42.5 Å². The molecular weight excluding hydrogens is 354 g/mol. The lowest BCUT2D eigenvalue weighted by atomic mass is 9.95.